The van der Waals surface area contributed by atoms with E-state index in [9.17, 15) is 4.39 Å². The van der Waals surface area contributed by atoms with E-state index in [1.165, 1.54) is 7.11 Å². The molecule has 1 N–H and O–H groups in total. The Kier molecular flexibility index (Phi) is 5.60. The van der Waals surface area contributed by atoms with Gasteiger partial charge in [0.1, 0.15) is 0 Å². The summed E-state index contributed by atoms with van der Waals surface area (Å²) in [6.45, 7) is 5.34. The van der Waals surface area contributed by atoms with Gasteiger partial charge in [0, 0.05) is 6.54 Å². The molecule has 0 aliphatic heterocycles. The third kappa shape index (κ3) is 3.45. The van der Waals surface area contributed by atoms with Crippen molar-refractivity contribution in [3.05, 3.63) is 29.6 Å². The van der Waals surface area contributed by atoms with Crippen LogP contribution in [-0.4, -0.2) is 20.7 Å². The molecule has 3 heteroatoms. The molecule has 1 aromatic rings. The molecule has 2 nitrogen and oxygen atoms in total. The first-order valence-electron chi connectivity index (χ1n) is 6.57. The average Bonchev–Trinajstić information content (AvgIpc) is 2.38. The minimum Gasteiger partial charge on any atom is -0.494 e. The van der Waals surface area contributed by atoms with Crippen molar-refractivity contribution in [2.45, 2.75) is 33.1 Å². The minimum atomic E-state index is -0.277. The Morgan fingerprint density at radius 1 is 1.28 bits per heavy atom. The Morgan fingerprint density at radius 3 is 2.39 bits per heavy atom. The van der Waals surface area contributed by atoms with E-state index in [1.54, 1.807) is 12.1 Å². The second-order valence-electron chi connectivity index (χ2n) is 4.88. The maximum atomic E-state index is 13.7. The van der Waals surface area contributed by atoms with Crippen LogP contribution in [0.25, 0.3) is 0 Å². The topological polar surface area (TPSA) is 21.3 Å². The van der Waals surface area contributed by atoms with Crippen LogP contribution in [0.4, 0.5) is 4.39 Å². The average molecular weight is 253 g/mol. The number of hydrogen-bond donors (Lipinski definition) is 1. The highest BCUT2D eigenvalue weighted by atomic mass is 19.1. The van der Waals surface area contributed by atoms with Crippen LogP contribution < -0.4 is 10.1 Å². The predicted octanol–water partition coefficient (Wildman–Crippen LogP) is 3.40. The Balaban J connectivity index is 2.90. The van der Waals surface area contributed by atoms with Gasteiger partial charge in [0.05, 0.1) is 7.11 Å². The van der Waals surface area contributed by atoms with E-state index in [1.807, 2.05) is 13.1 Å². The Morgan fingerprint density at radius 2 is 1.94 bits per heavy atom. The summed E-state index contributed by atoms with van der Waals surface area (Å²) >= 11 is 0. The van der Waals surface area contributed by atoms with E-state index in [0.717, 1.165) is 31.4 Å². The van der Waals surface area contributed by atoms with E-state index in [4.69, 9.17) is 4.74 Å². The van der Waals surface area contributed by atoms with Crippen molar-refractivity contribution < 1.29 is 9.13 Å². The molecule has 0 aromatic heterocycles. The molecule has 1 aromatic carbocycles. The Labute approximate surface area is 110 Å². The van der Waals surface area contributed by atoms with E-state index >= 15 is 0 Å². The van der Waals surface area contributed by atoms with E-state index < -0.39 is 0 Å². The van der Waals surface area contributed by atoms with Crippen molar-refractivity contribution in [2.24, 2.45) is 5.41 Å². The van der Waals surface area contributed by atoms with Crippen LogP contribution >= 0.6 is 0 Å². The number of benzene rings is 1. The first-order chi connectivity index (χ1) is 8.60. The van der Waals surface area contributed by atoms with Gasteiger partial charge in [-0.2, -0.15) is 0 Å². The van der Waals surface area contributed by atoms with Crippen molar-refractivity contribution in [2.75, 3.05) is 20.7 Å². The lowest BCUT2D eigenvalue weighted by atomic mass is 9.77. The number of hydrogen-bond acceptors (Lipinski definition) is 2. The van der Waals surface area contributed by atoms with Gasteiger partial charge >= 0.3 is 0 Å². The first-order valence-corrected chi connectivity index (χ1v) is 6.57. The molecule has 0 bridgehead atoms. The molecule has 0 saturated carbocycles. The van der Waals surface area contributed by atoms with Crippen LogP contribution in [0.2, 0.25) is 0 Å². The molecule has 0 heterocycles. The van der Waals surface area contributed by atoms with Gasteiger partial charge in [-0.25, -0.2) is 4.39 Å². The van der Waals surface area contributed by atoms with E-state index in [2.05, 4.69) is 19.2 Å². The van der Waals surface area contributed by atoms with Gasteiger partial charge in [0.2, 0.25) is 0 Å². The van der Waals surface area contributed by atoms with Crippen molar-refractivity contribution >= 4 is 0 Å². The zero-order chi connectivity index (χ0) is 13.6. The standard InChI is InChI=1S/C15H24FNO/c1-5-15(6-2,11-17-3)10-12-7-8-14(18-4)13(16)9-12/h7-9,17H,5-6,10-11H2,1-4H3. The van der Waals surface area contributed by atoms with Crippen molar-refractivity contribution in [1.29, 1.82) is 0 Å². The summed E-state index contributed by atoms with van der Waals surface area (Å²) in [5.41, 5.74) is 1.24. The molecule has 102 valence electrons. The van der Waals surface area contributed by atoms with Crippen molar-refractivity contribution in [1.82, 2.24) is 5.32 Å². The van der Waals surface area contributed by atoms with Crippen LogP contribution in [0, 0.1) is 11.2 Å². The third-order valence-electron chi connectivity index (χ3n) is 3.85. The zero-order valence-electron chi connectivity index (χ0n) is 11.8. The van der Waals surface area contributed by atoms with Crippen LogP contribution in [0.5, 0.6) is 5.75 Å². The van der Waals surface area contributed by atoms with Gasteiger partial charge in [0.15, 0.2) is 11.6 Å². The molecule has 0 aliphatic carbocycles. The maximum absolute atomic E-state index is 13.7. The largest absolute Gasteiger partial charge is 0.494 e. The lowest BCUT2D eigenvalue weighted by Crippen LogP contribution is -2.33. The molecule has 0 fully saturated rings. The molecule has 0 unspecified atom stereocenters. The molecule has 0 radical (unpaired) electrons. The number of rotatable bonds is 7. The molecule has 0 amide bonds. The number of ether oxygens (including phenoxy) is 1. The molecular formula is C15H24FNO. The zero-order valence-corrected chi connectivity index (χ0v) is 11.8. The van der Waals surface area contributed by atoms with E-state index in [-0.39, 0.29) is 11.2 Å². The summed E-state index contributed by atoms with van der Waals surface area (Å²) < 4.78 is 18.6. The van der Waals surface area contributed by atoms with Gasteiger partial charge in [-0.15, -0.1) is 0 Å². The highest BCUT2D eigenvalue weighted by Gasteiger charge is 2.25. The quantitative estimate of drug-likeness (QED) is 0.804. The Hall–Kier alpha value is -1.09. The van der Waals surface area contributed by atoms with E-state index in [0.29, 0.717) is 5.75 Å². The summed E-state index contributed by atoms with van der Waals surface area (Å²) in [5.74, 6) is 0.0338. The predicted molar refractivity (Wildman–Crippen MR) is 73.6 cm³/mol. The first kappa shape index (κ1) is 15.0. The molecule has 0 atom stereocenters. The summed E-state index contributed by atoms with van der Waals surface area (Å²) in [6.07, 6.45) is 3.05. The maximum Gasteiger partial charge on any atom is 0.165 e. The van der Waals surface area contributed by atoms with Crippen LogP contribution in [0.1, 0.15) is 32.3 Å². The third-order valence-corrected chi connectivity index (χ3v) is 3.85. The second kappa shape index (κ2) is 6.74. The fraction of sp³-hybridized carbons (Fsp3) is 0.600. The van der Waals surface area contributed by atoms with Gasteiger partial charge < -0.3 is 10.1 Å². The summed E-state index contributed by atoms with van der Waals surface area (Å²) in [7, 11) is 3.45. The molecule has 0 saturated heterocycles. The number of halogens is 1. The molecular weight excluding hydrogens is 229 g/mol. The van der Waals surface area contributed by atoms with Crippen molar-refractivity contribution in [3.8, 4) is 5.75 Å². The monoisotopic (exact) mass is 253 g/mol. The summed E-state index contributed by atoms with van der Waals surface area (Å²) in [5, 5.41) is 3.25. The number of methoxy groups -OCH3 is 1. The molecule has 1 rings (SSSR count). The fourth-order valence-electron chi connectivity index (χ4n) is 2.44. The van der Waals surface area contributed by atoms with Gasteiger partial charge in [0.25, 0.3) is 0 Å². The summed E-state index contributed by atoms with van der Waals surface area (Å²) in [4.78, 5) is 0. The van der Waals surface area contributed by atoms with Gasteiger partial charge in [-0.1, -0.05) is 19.9 Å². The lowest BCUT2D eigenvalue weighted by molar-refractivity contribution is 0.252. The molecule has 0 spiro atoms. The lowest BCUT2D eigenvalue weighted by Gasteiger charge is -2.31. The normalized spacial score (nSPS) is 11.6. The number of nitrogens with one attached hydrogen (secondary N) is 1. The van der Waals surface area contributed by atoms with Crippen molar-refractivity contribution in [3.63, 3.8) is 0 Å². The van der Waals surface area contributed by atoms with Crippen LogP contribution in [0.15, 0.2) is 18.2 Å². The van der Waals surface area contributed by atoms with Gasteiger partial charge in [-0.05, 0) is 49.4 Å². The summed E-state index contributed by atoms with van der Waals surface area (Å²) in [6, 6.07) is 5.26. The van der Waals surface area contributed by atoms with Gasteiger partial charge in [-0.3, -0.25) is 0 Å². The fourth-order valence-corrected chi connectivity index (χ4v) is 2.44. The minimum absolute atomic E-state index is 0.204. The van der Waals surface area contributed by atoms with Crippen LogP contribution in [0.3, 0.4) is 0 Å². The smallest absolute Gasteiger partial charge is 0.165 e. The Bertz CT molecular complexity index is 375. The second-order valence-corrected chi connectivity index (χ2v) is 4.88. The SMILES string of the molecule is CCC(CC)(CNC)Cc1ccc(OC)c(F)c1. The van der Waals surface area contributed by atoms with Crippen LogP contribution in [-0.2, 0) is 6.42 Å². The highest BCUT2D eigenvalue weighted by molar-refractivity contribution is 5.30. The molecule has 0 aliphatic rings. The molecule has 18 heavy (non-hydrogen) atoms. The highest BCUT2D eigenvalue weighted by Crippen LogP contribution is 2.31.